The van der Waals surface area contributed by atoms with E-state index in [4.69, 9.17) is 4.74 Å². The lowest BCUT2D eigenvalue weighted by Gasteiger charge is -2.25. The van der Waals surface area contributed by atoms with Gasteiger partial charge in [0, 0.05) is 49.8 Å². The van der Waals surface area contributed by atoms with Gasteiger partial charge in [-0.2, -0.15) is 0 Å². The Bertz CT molecular complexity index is 1270. The molecule has 1 fully saturated rings. The van der Waals surface area contributed by atoms with Crippen molar-refractivity contribution >= 4 is 28.8 Å². The summed E-state index contributed by atoms with van der Waals surface area (Å²) in [5.74, 6) is -0.844. The first kappa shape index (κ1) is 20.8. The second-order valence-corrected chi connectivity index (χ2v) is 8.29. The number of amides is 1. The fourth-order valence-corrected chi connectivity index (χ4v) is 4.35. The number of carbonyl (C=O) groups is 2. The number of anilines is 2. The van der Waals surface area contributed by atoms with Crippen molar-refractivity contribution in [2.45, 2.75) is 12.5 Å². The summed E-state index contributed by atoms with van der Waals surface area (Å²) >= 11 is 0. The number of ketones is 1. The van der Waals surface area contributed by atoms with Crippen LogP contribution in [-0.2, 0) is 16.0 Å². The smallest absolute Gasteiger partial charge is 0.300 e. The molecule has 0 bridgehead atoms. The molecule has 2 aromatic carbocycles. The number of Topliss-reactive ketones (excluding diaryl/α,β-unsaturated/α-hetero) is 1. The molecule has 2 aliphatic heterocycles. The van der Waals surface area contributed by atoms with Crippen LogP contribution in [0.1, 0.15) is 22.7 Å². The molecule has 3 heterocycles. The van der Waals surface area contributed by atoms with Crippen LogP contribution in [0.15, 0.2) is 72.6 Å². The monoisotopic (exact) mass is 441 g/mol. The molecule has 0 radical (unpaired) electrons. The number of hydrogen-bond acceptors (Lipinski definition) is 6. The number of pyridine rings is 1. The molecule has 7 nitrogen and oxygen atoms in total. The van der Waals surface area contributed by atoms with Gasteiger partial charge >= 0.3 is 0 Å². The van der Waals surface area contributed by atoms with E-state index in [-0.39, 0.29) is 11.3 Å². The summed E-state index contributed by atoms with van der Waals surface area (Å²) in [5.41, 5.74) is 3.66. The molecule has 5 rings (SSSR count). The van der Waals surface area contributed by atoms with E-state index in [1.165, 1.54) is 4.90 Å². The average Bonchev–Trinajstić information content (AvgIpc) is 3.41. The van der Waals surface area contributed by atoms with Crippen molar-refractivity contribution in [3.05, 3.63) is 89.3 Å². The van der Waals surface area contributed by atoms with Crippen LogP contribution in [0, 0.1) is 0 Å². The summed E-state index contributed by atoms with van der Waals surface area (Å²) in [4.78, 5) is 34.0. The van der Waals surface area contributed by atoms with E-state index in [0.29, 0.717) is 23.4 Å². The van der Waals surface area contributed by atoms with Gasteiger partial charge in [0.1, 0.15) is 11.5 Å². The van der Waals surface area contributed by atoms with Gasteiger partial charge in [-0.05, 0) is 59.7 Å². The Morgan fingerprint density at radius 3 is 2.61 bits per heavy atom. The first-order chi connectivity index (χ1) is 16.0. The Hall–Kier alpha value is -4.13. The zero-order valence-corrected chi connectivity index (χ0v) is 18.4. The van der Waals surface area contributed by atoms with Crippen molar-refractivity contribution in [2.24, 2.45) is 0 Å². The van der Waals surface area contributed by atoms with Gasteiger partial charge in [-0.25, -0.2) is 0 Å². The SMILES string of the molecule is CN(C)c1ccc(N2C(=O)C(=O)/C(=C(\O)c3ccc4c(c3)CCO4)C2c2cccnc2)cc1. The molecular weight excluding hydrogens is 418 g/mol. The number of carbonyl (C=O) groups excluding carboxylic acids is 2. The fourth-order valence-electron chi connectivity index (χ4n) is 4.35. The number of aromatic nitrogens is 1. The summed E-state index contributed by atoms with van der Waals surface area (Å²) in [6.07, 6.45) is 3.97. The zero-order chi connectivity index (χ0) is 23.1. The Balaban J connectivity index is 1.66. The van der Waals surface area contributed by atoms with E-state index in [1.54, 1.807) is 48.8 Å². The fraction of sp³-hybridized carbons (Fsp3) is 0.192. The highest BCUT2D eigenvalue weighted by Gasteiger charge is 2.47. The van der Waals surface area contributed by atoms with Gasteiger partial charge < -0.3 is 14.7 Å². The number of nitrogens with zero attached hydrogens (tertiary/aromatic N) is 3. The maximum atomic E-state index is 13.2. The van der Waals surface area contributed by atoms with E-state index in [9.17, 15) is 14.7 Å². The van der Waals surface area contributed by atoms with Crippen molar-refractivity contribution in [1.29, 1.82) is 0 Å². The second-order valence-electron chi connectivity index (χ2n) is 8.29. The Labute approximate surface area is 191 Å². The van der Waals surface area contributed by atoms with Gasteiger partial charge in [0.15, 0.2) is 0 Å². The first-order valence-electron chi connectivity index (χ1n) is 10.7. The molecule has 0 spiro atoms. The maximum absolute atomic E-state index is 13.2. The molecular formula is C26H23N3O4. The summed E-state index contributed by atoms with van der Waals surface area (Å²) in [6.45, 7) is 0.586. The molecule has 0 saturated carbocycles. The third kappa shape index (κ3) is 3.51. The molecule has 3 aromatic rings. The van der Waals surface area contributed by atoms with Crippen LogP contribution in [0.2, 0.25) is 0 Å². The van der Waals surface area contributed by atoms with Crippen LogP contribution in [0.5, 0.6) is 5.75 Å². The van der Waals surface area contributed by atoms with E-state index in [0.717, 1.165) is 23.4 Å². The van der Waals surface area contributed by atoms with Crippen LogP contribution in [0.3, 0.4) is 0 Å². The molecule has 33 heavy (non-hydrogen) atoms. The van der Waals surface area contributed by atoms with E-state index >= 15 is 0 Å². The van der Waals surface area contributed by atoms with Crippen LogP contribution >= 0.6 is 0 Å². The lowest BCUT2D eigenvalue weighted by molar-refractivity contribution is -0.132. The second kappa shape index (κ2) is 8.09. The van der Waals surface area contributed by atoms with E-state index < -0.39 is 17.7 Å². The minimum Gasteiger partial charge on any atom is -0.507 e. The van der Waals surface area contributed by atoms with Crippen molar-refractivity contribution in [3.63, 3.8) is 0 Å². The van der Waals surface area contributed by atoms with Crippen molar-refractivity contribution < 1.29 is 19.4 Å². The minimum absolute atomic E-state index is 0.0450. The summed E-state index contributed by atoms with van der Waals surface area (Å²) in [7, 11) is 3.86. The van der Waals surface area contributed by atoms with Crippen molar-refractivity contribution in [3.8, 4) is 5.75 Å². The van der Waals surface area contributed by atoms with Gasteiger partial charge in [-0.15, -0.1) is 0 Å². The third-order valence-corrected chi connectivity index (χ3v) is 6.05. The molecule has 1 aromatic heterocycles. The van der Waals surface area contributed by atoms with Gasteiger partial charge in [0.25, 0.3) is 11.7 Å². The minimum atomic E-state index is -0.798. The molecule has 1 N–H and O–H groups in total. The number of aliphatic hydroxyl groups is 1. The van der Waals surface area contributed by atoms with Crippen LogP contribution in [-0.4, -0.2) is 42.5 Å². The van der Waals surface area contributed by atoms with E-state index in [2.05, 4.69) is 4.98 Å². The highest BCUT2D eigenvalue weighted by molar-refractivity contribution is 6.51. The van der Waals surface area contributed by atoms with E-state index in [1.807, 2.05) is 37.2 Å². The lowest BCUT2D eigenvalue weighted by Crippen LogP contribution is -2.29. The summed E-state index contributed by atoms with van der Waals surface area (Å²) < 4.78 is 5.55. The standard InChI is InChI=1S/C26H23N3O4/c1-28(2)19-6-8-20(9-7-19)29-23(18-4-3-12-27-15-18)22(25(31)26(29)32)24(30)17-5-10-21-16(14-17)11-13-33-21/h3-10,12,14-15,23,30H,11,13H2,1-2H3/b24-22-. The number of fused-ring (bicyclic) bond motifs is 1. The number of benzene rings is 2. The molecule has 1 saturated heterocycles. The number of rotatable bonds is 4. The van der Waals surface area contributed by atoms with Crippen LogP contribution < -0.4 is 14.5 Å². The molecule has 166 valence electrons. The average molecular weight is 441 g/mol. The zero-order valence-electron chi connectivity index (χ0n) is 18.4. The summed E-state index contributed by atoms with van der Waals surface area (Å²) in [5, 5.41) is 11.3. The topological polar surface area (TPSA) is 83.0 Å². The molecule has 1 atom stereocenters. The lowest BCUT2D eigenvalue weighted by atomic mass is 9.95. The van der Waals surface area contributed by atoms with Gasteiger partial charge in [0.05, 0.1) is 18.2 Å². The quantitative estimate of drug-likeness (QED) is 0.378. The number of hydrogen-bond donors (Lipinski definition) is 1. The Kier molecular flexibility index (Phi) is 5.09. The first-order valence-corrected chi connectivity index (χ1v) is 10.7. The maximum Gasteiger partial charge on any atom is 0.300 e. The highest BCUT2D eigenvalue weighted by Crippen LogP contribution is 2.42. The highest BCUT2D eigenvalue weighted by atomic mass is 16.5. The molecule has 1 unspecified atom stereocenters. The molecule has 2 aliphatic rings. The van der Waals surface area contributed by atoms with Crippen LogP contribution in [0.25, 0.3) is 5.76 Å². The van der Waals surface area contributed by atoms with Gasteiger partial charge in [-0.1, -0.05) is 6.07 Å². The van der Waals surface area contributed by atoms with Crippen molar-refractivity contribution in [2.75, 3.05) is 30.5 Å². The number of aliphatic hydroxyl groups excluding tert-OH is 1. The predicted octanol–water partition coefficient (Wildman–Crippen LogP) is 3.71. The van der Waals surface area contributed by atoms with Crippen LogP contribution in [0.4, 0.5) is 11.4 Å². The predicted molar refractivity (Wildman–Crippen MR) is 125 cm³/mol. The molecule has 1 amide bonds. The van der Waals surface area contributed by atoms with Crippen molar-refractivity contribution in [1.82, 2.24) is 4.98 Å². The largest absolute Gasteiger partial charge is 0.507 e. The molecule has 0 aliphatic carbocycles. The third-order valence-electron chi connectivity index (χ3n) is 6.05. The summed E-state index contributed by atoms with van der Waals surface area (Å²) in [6, 6.07) is 15.4. The Morgan fingerprint density at radius 2 is 1.91 bits per heavy atom. The number of ether oxygens (including phenoxy) is 1. The normalized spacial score (nSPS) is 18.8. The Morgan fingerprint density at radius 1 is 1.12 bits per heavy atom. The van der Waals surface area contributed by atoms with Gasteiger partial charge in [0.2, 0.25) is 0 Å². The molecule has 7 heteroatoms. The van der Waals surface area contributed by atoms with Gasteiger partial charge in [-0.3, -0.25) is 19.5 Å².